The molecule has 0 fully saturated rings. The van der Waals surface area contributed by atoms with Gasteiger partial charge in [0.2, 0.25) is 0 Å². The van der Waals surface area contributed by atoms with Crippen LogP contribution in [-0.2, 0) is 0 Å². The smallest absolute Gasteiger partial charge is 0.0664 e. The van der Waals surface area contributed by atoms with E-state index >= 15 is 0 Å². The summed E-state index contributed by atoms with van der Waals surface area (Å²) in [6.45, 7) is 1.93. The van der Waals surface area contributed by atoms with Gasteiger partial charge in [0.1, 0.15) is 0 Å². The molecule has 0 amide bonds. The standard InChI is InChI=1S/C7H8ClN.ClH/c1-5-3-2-4-6(9)7(5)8;/h2-4H,9H2,1H3;1H. The van der Waals surface area contributed by atoms with Gasteiger partial charge in [0.05, 0.1) is 10.7 Å². The fourth-order valence-corrected chi connectivity index (χ4v) is 0.796. The van der Waals surface area contributed by atoms with Crippen LogP contribution in [0, 0.1) is 6.92 Å². The third-order valence-electron chi connectivity index (χ3n) is 1.22. The molecule has 0 aromatic heterocycles. The van der Waals surface area contributed by atoms with Crippen molar-refractivity contribution in [3.05, 3.63) is 28.8 Å². The van der Waals surface area contributed by atoms with E-state index in [0.29, 0.717) is 10.7 Å². The molecule has 1 aromatic rings. The Balaban J connectivity index is 0.000000810. The minimum absolute atomic E-state index is 0. The summed E-state index contributed by atoms with van der Waals surface area (Å²) in [6.07, 6.45) is 0. The maximum atomic E-state index is 5.75. The lowest BCUT2D eigenvalue weighted by Crippen LogP contribution is -1.86. The van der Waals surface area contributed by atoms with Crippen LogP contribution in [0.1, 0.15) is 5.56 Å². The van der Waals surface area contributed by atoms with Crippen molar-refractivity contribution in [2.45, 2.75) is 6.92 Å². The lowest BCUT2D eigenvalue weighted by Gasteiger charge is -1.98. The van der Waals surface area contributed by atoms with Crippen LogP contribution in [0.5, 0.6) is 0 Å². The number of aryl methyl sites for hydroxylation is 1. The number of nitrogen functional groups attached to an aromatic ring is 1. The number of rotatable bonds is 0. The Morgan fingerprint density at radius 3 is 2.40 bits per heavy atom. The highest BCUT2D eigenvalue weighted by Crippen LogP contribution is 2.21. The van der Waals surface area contributed by atoms with E-state index in [1.54, 1.807) is 6.07 Å². The summed E-state index contributed by atoms with van der Waals surface area (Å²) in [5.41, 5.74) is 7.16. The quantitative estimate of drug-likeness (QED) is 0.607. The van der Waals surface area contributed by atoms with Gasteiger partial charge in [0.25, 0.3) is 0 Å². The Morgan fingerprint density at radius 1 is 1.40 bits per heavy atom. The van der Waals surface area contributed by atoms with Gasteiger partial charge in [-0.1, -0.05) is 23.7 Å². The molecule has 0 aliphatic carbocycles. The molecule has 0 atom stereocenters. The van der Waals surface area contributed by atoms with E-state index in [-0.39, 0.29) is 12.4 Å². The molecular formula is C7H9Cl2N. The first-order chi connectivity index (χ1) is 4.22. The van der Waals surface area contributed by atoms with Gasteiger partial charge in [-0.25, -0.2) is 0 Å². The van der Waals surface area contributed by atoms with Gasteiger partial charge in [-0.3, -0.25) is 0 Å². The van der Waals surface area contributed by atoms with Crippen molar-refractivity contribution < 1.29 is 0 Å². The molecule has 0 aliphatic rings. The van der Waals surface area contributed by atoms with Gasteiger partial charge < -0.3 is 5.73 Å². The SMILES string of the molecule is Cc1cccc(N)c1Cl.Cl. The van der Waals surface area contributed by atoms with Crippen LogP contribution < -0.4 is 5.73 Å². The van der Waals surface area contributed by atoms with E-state index in [1.807, 2.05) is 19.1 Å². The van der Waals surface area contributed by atoms with Crippen LogP contribution in [0.3, 0.4) is 0 Å². The van der Waals surface area contributed by atoms with Crippen LogP contribution in [0.4, 0.5) is 5.69 Å². The Morgan fingerprint density at radius 2 is 2.00 bits per heavy atom. The second-order valence-electron chi connectivity index (χ2n) is 1.98. The summed E-state index contributed by atoms with van der Waals surface area (Å²) in [5, 5.41) is 0.664. The number of benzene rings is 1. The highest BCUT2D eigenvalue weighted by Gasteiger charge is 1.95. The van der Waals surface area contributed by atoms with Crippen molar-refractivity contribution in [2.75, 3.05) is 5.73 Å². The predicted molar refractivity (Wildman–Crippen MR) is 47.8 cm³/mol. The average molecular weight is 178 g/mol. The zero-order valence-corrected chi connectivity index (χ0v) is 7.17. The first-order valence-corrected chi connectivity index (χ1v) is 3.10. The van der Waals surface area contributed by atoms with Crippen molar-refractivity contribution in [3.63, 3.8) is 0 Å². The third kappa shape index (κ3) is 1.79. The van der Waals surface area contributed by atoms with Crippen molar-refractivity contribution in [1.82, 2.24) is 0 Å². The van der Waals surface area contributed by atoms with E-state index in [0.717, 1.165) is 5.56 Å². The first-order valence-electron chi connectivity index (χ1n) is 2.72. The van der Waals surface area contributed by atoms with E-state index in [4.69, 9.17) is 17.3 Å². The van der Waals surface area contributed by atoms with Crippen LogP contribution >= 0.6 is 24.0 Å². The topological polar surface area (TPSA) is 26.0 Å². The number of halogens is 2. The van der Waals surface area contributed by atoms with Crippen LogP contribution in [0.2, 0.25) is 5.02 Å². The summed E-state index contributed by atoms with van der Waals surface area (Å²) < 4.78 is 0. The number of hydrogen-bond donors (Lipinski definition) is 1. The largest absolute Gasteiger partial charge is 0.398 e. The average Bonchev–Trinajstić information content (AvgIpc) is 1.83. The summed E-state index contributed by atoms with van der Waals surface area (Å²) in [7, 11) is 0. The summed E-state index contributed by atoms with van der Waals surface area (Å²) in [4.78, 5) is 0. The molecule has 0 spiro atoms. The highest BCUT2D eigenvalue weighted by molar-refractivity contribution is 6.33. The monoisotopic (exact) mass is 177 g/mol. The van der Waals surface area contributed by atoms with Crippen molar-refractivity contribution in [2.24, 2.45) is 0 Å². The molecule has 10 heavy (non-hydrogen) atoms. The predicted octanol–water partition coefficient (Wildman–Crippen LogP) is 2.65. The molecule has 0 heterocycles. The number of anilines is 1. The fraction of sp³-hybridized carbons (Fsp3) is 0.143. The molecule has 1 aromatic carbocycles. The van der Waals surface area contributed by atoms with E-state index < -0.39 is 0 Å². The number of hydrogen-bond acceptors (Lipinski definition) is 1. The molecular weight excluding hydrogens is 169 g/mol. The van der Waals surface area contributed by atoms with Gasteiger partial charge in [0.15, 0.2) is 0 Å². The number of nitrogens with two attached hydrogens (primary N) is 1. The highest BCUT2D eigenvalue weighted by atomic mass is 35.5. The van der Waals surface area contributed by atoms with Gasteiger partial charge >= 0.3 is 0 Å². The molecule has 1 rings (SSSR count). The van der Waals surface area contributed by atoms with E-state index in [9.17, 15) is 0 Å². The van der Waals surface area contributed by atoms with Crippen LogP contribution in [-0.4, -0.2) is 0 Å². The molecule has 2 N–H and O–H groups in total. The van der Waals surface area contributed by atoms with E-state index in [2.05, 4.69) is 0 Å². The summed E-state index contributed by atoms with van der Waals surface area (Å²) in [6, 6.07) is 5.60. The lowest BCUT2D eigenvalue weighted by molar-refractivity contribution is 1.47. The van der Waals surface area contributed by atoms with E-state index in [1.165, 1.54) is 0 Å². The Hall–Kier alpha value is -0.400. The van der Waals surface area contributed by atoms with Crippen LogP contribution in [0.15, 0.2) is 18.2 Å². The molecule has 0 unspecified atom stereocenters. The van der Waals surface area contributed by atoms with Crippen molar-refractivity contribution in [1.29, 1.82) is 0 Å². The lowest BCUT2D eigenvalue weighted by atomic mass is 10.2. The molecule has 0 saturated heterocycles. The minimum atomic E-state index is 0. The Kier molecular flexibility index (Phi) is 3.54. The van der Waals surface area contributed by atoms with Gasteiger partial charge in [-0.2, -0.15) is 0 Å². The third-order valence-corrected chi connectivity index (χ3v) is 1.74. The molecule has 0 aliphatic heterocycles. The zero-order chi connectivity index (χ0) is 6.85. The molecule has 0 radical (unpaired) electrons. The molecule has 1 nitrogen and oxygen atoms in total. The maximum Gasteiger partial charge on any atom is 0.0664 e. The molecule has 56 valence electrons. The van der Waals surface area contributed by atoms with Crippen molar-refractivity contribution >= 4 is 29.7 Å². The first kappa shape index (κ1) is 9.60. The minimum Gasteiger partial charge on any atom is -0.398 e. The molecule has 0 bridgehead atoms. The second-order valence-corrected chi connectivity index (χ2v) is 2.36. The summed E-state index contributed by atoms with van der Waals surface area (Å²) >= 11 is 5.75. The van der Waals surface area contributed by atoms with Crippen LogP contribution in [0.25, 0.3) is 0 Å². The van der Waals surface area contributed by atoms with Crippen molar-refractivity contribution in [3.8, 4) is 0 Å². The maximum absolute atomic E-state index is 5.75. The fourth-order valence-electron chi connectivity index (χ4n) is 0.670. The van der Waals surface area contributed by atoms with Gasteiger partial charge in [-0.05, 0) is 18.6 Å². The Labute approximate surface area is 71.6 Å². The van der Waals surface area contributed by atoms with Gasteiger partial charge in [0, 0.05) is 0 Å². The summed E-state index contributed by atoms with van der Waals surface area (Å²) in [5.74, 6) is 0. The molecule has 0 saturated carbocycles. The normalized spacial score (nSPS) is 8.60. The zero-order valence-electron chi connectivity index (χ0n) is 5.60. The van der Waals surface area contributed by atoms with Gasteiger partial charge in [-0.15, -0.1) is 12.4 Å². The Bertz CT molecular complexity index is 203. The second kappa shape index (κ2) is 3.69. The molecule has 3 heteroatoms.